The summed E-state index contributed by atoms with van der Waals surface area (Å²) >= 11 is 0. The van der Waals surface area contributed by atoms with E-state index in [0.717, 1.165) is 12.1 Å². The van der Waals surface area contributed by atoms with Crippen molar-refractivity contribution in [2.75, 3.05) is 17.1 Å². The lowest BCUT2D eigenvalue weighted by Crippen LogP contribution is -2.14. The van der Waals surface area contributed by atoms with Crippen LogP contribution in [0.4, 0.5) is 18.9 Å². The highest BCUT2D eigenvalue weighted by Gasteiger charge is 2.24. The maximum Gasteiger partial charge on any atom is 0.387 e. The van der Waals surface area contributed by atoms with Crippen LogP contribution in [-0.2, 0) is 27.7 Å². The summed E-state index contributed by atoms with van der Waals surface area (Å²) in [6, 6.07) is 8.40. The van der Waals surface area contributed by atoms with Gasteiger partial charge in [0, 0.05) is 23.4 Å². The highest BCUT2D eigenvalue weighted by atomic mass is 32.2. The minimum Gasteiger partial charge on any atom is -0.481 e. The number of carbonyl (C=O) groups is 1. The Bertz CT molecular complexity index is 1330. The number of rotatable bonds is 11. The molecule has 0 unspecified atom stereocenters. The Kier molecular flexibility index (Phi) is 8.05. The topological polar surface area (TPSA) is 115 Å². The van der Waals surface area contributed by atoms with Crippen molar-refractivity contribution in [1.29, 1.82) is 0 Å². The van der Waals surface area contributed by atoms with Gasteiger partial charge in [-0.2, -0.15) is 8.78 Å². The van der Waals surface area contributed by atoms with Crippen molar-refractivity contribution in [3.8, 4) is 11.5 Å². The lowest BCUT2D eigenvalue weighted by molar-refractivity contribution is -0.139. The predicted molar refractivity (Wildman–Crippen MR) is 123 cm³/mol. The summed E-state index contributed by atoms with van der Waals surface area (Å²) in [6.07, 6.45) is 0.308. The molecule has 0 radical (unpaired) electrons. The van der Waals surface area contributed by atoms with Crippen LogP contribution in [0, 0.1) is 5.82 Å². The fourth-order valence-corrected chi connectivity index (χ4v) is 4.10. The van der Waals surface area contributed by atoms with Crippen molar-refractivity contribution in [2.24, 2.45) is 0 Å². The van der Waals surface area contributed by atoms with Crippen molar-refractivity contribution in [3.05, 3.63) is 59.0 Å². The molecule has 0 aliphatic carbocycles. The zero-order valence-electron chi connectivity index (χ0n) is 18.8. The van der Waals surface area contributed by atoms with Gasteiger partial charge in [0.1, 0.15) is 22.8 Å². The number of pyridine rings is 1. The van der Waals surface area contributed by atoms with E-state index in [0.29, 0.717) is 16.9 Å². The molecule has 0 spiro atoms. The highest BCUT2D eigenvalue weighted by molar-refractivity contribution is 7.92. The number of benzene rings is 2. The Morgan fingerprint density at radius 1 is 1.14 bits per heavy atom. The van der Waals surface area contributed by atoms with Crippen molar-refractivity contribution in [2.45, 2.75) is 33.3 Å². The first kappa shape index (κ1) is 26.1. The Hall–Kier alpha value is -3.54. The van der Waals surface area contributed by atoms with Gasteiger partial charge in [-0.25, -0.2) is 22.6 Å². The SMILES string of the molecule is CCc1nc2c(F)ccc(OCC(=O)O)c2c(OC(F)F)c1Cc1ccc(NS(=O)(=O)CC)cc1. The number of nitrogens with zero attached hydrogens (tertiary/aromatic N) is 1. The third kappa shape index (κ3) is 6.32. The summed E-state index contributed by atoms with van der Waals surface area (Å²) in [6.45, 7) is -0.827. The zero-order valence-corrected chi connectivity index (χ0v) is 19.7. The number of halogens is 3. The van der Waals surface area contributed by atoms with Gasteiger partial charge in [0.2, 0.25) is 10.0 Å². The van der Waals surface area contributed by atoms with Crippen LogP contribution in [-0.4, -0.2) is 43.4 Å². The zero-order chi connectivity index (χ0) is 25.8. The van der Waals surface area contributed by atoms with E-state index in [1.54, 1.807) is 19.1 Å². The third-order valence-electron chi connectivity index (χ3n) is 5.07. The highest BCUT2D eigenvalue weighted by Crippen LogP contribution is 2.40. The molecule has 0 fully saturated rings. The number of hydrogen-bond acceptors (Lipinski definition) is 6. The van der Waals surface area contributed by atoms with Crippen molar-refractivity contribution in [1.82, 2.24) is 4.98 Å². The fourth-order valence-electron chi connectivity index (χ4n) is 3.46. The van der Waals surface area contributed by atoms with Crippen LogP contribution in [0.1, 0.15) is 30.7 Å². The monoisotopic (exact) mass is 512 g/mol. The van der Waals surface area contributed by atoms with Crippen LogP contribution in [0.25, 0.3) is 10.9 Å². The molecule has 1 heterocycles. The molecule has 0 amide bonds. The molecule has 12 heteroatoms. The molecule has 0 saturated carbocycles. The normalized spacial score (nSPS) is 11.6. The summed E-state index contributed by atoms with van der Waals surface area (Å²) in [5.41, 5.74) is 1.21. The molecule has 0 aliphatic heterocycles. The minimum atomic E-state index is -3.47. The number of aliphatic carboxylic acids is 1. The average Bonchev–Trinajstić information content (AvgIpc) is 2.80. The van der Waals surface area contributed by atoms with E-state index in [1.807, 2.05) is 0 Å². The molecule has 0 bridgehead atoms. The largest absolute Gasteiger partial charge is 0.481 e. The summed E-state index contributed by atoms with van der Waals surface area (Å²) in [5.74, 6) is -2.75. The maximum absolute atomic E-state index is 14.6. The summed E-state index contributed by atoms with van der Waals surface area (Å²) in [7, 11) is -3.47. The standard InChI is InChI=1S/C23H23F3N2O6S/c1-3-17-15(11-13-5-7-14(8-6-13)28-35(31,32)4-2)22(34-23(25)26)20-18(33-12-19(29)30)10-9-16(24)21(20)27-17/h5-10,23,28H,3-4,11-12H2,1-2H3,(H,29,30). The van der Waals surface area contributed by atoms with Crippen molar-refractivity contribution >= 4 is 32.6 Å². The van der Waals surface area contributed by atoms with E-state index in [9.17, 15) is 26.4 Å². The number of nitrogens with one attached hydrogen (secondary N) is 1. The van der Waals surface area contributed by atoms with E-state index >= 15 is 0 Å². The van der Waals surface area contributed by atoms with Gasteiger partial charge in [-0.3, -0.25) is 4.72 Å². The number of alkyl halides is 2. The van der Waals surface area contributed by atoms with Gasteiger partial charge in [0.15, 0.2) is 6.61 Å². The van der Waals surface area contributed by atoms with Crippen LogP contribution in [0.2, 0.25) is 0 Å². The van der Waals surface area contributed by atoms with Gasteiger partial charge in [0.05, 0.1) is 11.1 Å². The van der Waals surface area contributed by atoms with E-state index in [4.69, 9.17) is 14.6 Å². The first-order valence-corrected chi connectivity index (χ1v) is 12.2. The molecule has 8 nitrogen and oxygen atoms in total. The maximum atomic E-state index is 14.6. The van der Waals surface area contributed by atoms with Gasteiger partial charge < -0.3 is 14.6 Å². The molecule has 3 aromatic rings. The Morgan fingerprint density at radius 3 is 2.40 bits per heavy atom. The van der Waals surface area contributed by atoms with Gasteiger partial charge in [-0.1, -0.05) is 19.1 Å². The Labute approximate surface area is 199 Å². The molecule has 0 atom stereocenters. The van der Waals surface area contributed by atoms with Crippen molar-refractivity contribution < 1.29 is 41.0 Å². The number of aromatic nitrogens is 1. The lowest BCUT2D eigenvalue weighted by Gasteiger charge is -2.19. The Balaban J connectivity index is 2.14. The smallest absolute Gasteiger partial charge is 0.387 e. The molecule has 0 saturated heterocycles. The van der Waals surface area contributed by atoms with E-state index < -0.39 is 35.0 Å². The predicted octanol–water partition coefficient (Wildman–Crippen LogP) is 4.35. The first-order valence-electron chi connectivity index (χ1n) is 10.6. The number of anilines is 1. The molecule has 1 aromatic heterocycles. The van der Waals surface area contributed by atoms with Gasteiger partial charge in [0.25, 0.3) is 0 Å². The Morgan fingerprint density at radius 2 is 1.83 bits per heavy atom. The average molecular weight is 513 g/mol. The van der Waals surface area contributed by atoms with Gasteiger partial charge >= 0.3 is 12.6 Å². The molecular weight excluding hydrogens is 489 g/mol. The molecule has 3 rings (SSSR count). The molecule has 188 valence electrons. The minimum absolute atomic E-state index is 0.0455. The summed E-state index contributed by atoms with van der Waals surface area (Å²) in [5, 5.41) is 8.75. The number of aryl methyl sites for hydroxylation is 1. The molecule has 35 heavy (non-hydrogen) atoms. The number of fused-ring (bicyclic) bond motifs is 1. The molecule has 0 aliphatic rings. The van der Waals surface area contributed by atoms with E-state index in [-0.39, 0.29) is 46.6 Å². The van der Waals surface area contributed by atoms with Crippen LogP contribution >= 0.6 is 0 Å². The number of carboxylic acids is 1. The van der Waals surface area contributed by atoms with Crippen LogP contribution in [0.5, 0.6) is 11.5 Å². The molecular formula is C23H23F3N2O6S. The van der Waals surface area contributed by atoms with E-state index in [2.05, 4.69) is 9.71 Å². The van der Waals surface area contributed by atoms with Gasteiger partial charge in [-0.15, -0.1) is 0 Å². The van der Waals surface area contributed by atoms with Crippen molar-refractivity contribution in [3.63, 3.8) is 0 Å². The first-order chi connectivity index (χ1) is 16.5. The van der Waals surface area contributed by atoms with Crippen LogP contribution in [0.3, 0.4) is 0 Å². The summed E-state index contributed by atoms with van der Waals surface area (Å²) < 4.78 is 77.5. The molecule has 2 aromatic carbocycles. The second-order valence-electron chi connectivity index (χ2n) is 7.43. The quantitative estimate of drug-likeness (QED) is 0.392. The number of sulfonamides is 1. The van der Waals surface area contributed by atoms with Crippen LogP contribution in [0.15, 0.2) is 36.4 Å². The summed E-state index contributed by atoms with van der Waals surface area (Å²) in [4.78, 5) is 15.3. The number of ether oxygens (including phenoxy) is 2. The second-order valence-corrected chi connectivity index (χ2v) is 9.44. The van der Waals surface area contributed by atoms with Gasteiger partial charge in [-0.05, 0) is 43.2 Å². The van der Waals surface area contributed by atoms with Crippen LogP contribution < -0.4 is 14.2 Å². The van der Waals surface area contributed by atoms with E-state index in [1.165, 1.54) is 19.1 Å². The number of hydrogen-bond donors (Lipinski definition) is 2. The lowest BCUT2D eigenvalue weighted by atomic mass is 9.98. The number of carboxylic acid groups (broad SMARTS) is 1. The fraction of sp³-hybridized carbons (Fsp3) is 0.304. The molecule has 2 N–H and O–H groups in total. The third-order valence-corrected chi connectivity index (χ3v) is 6.37. The second kappa shape index (κ2) is 10.8.